The minimum atomic E-state index is -0.231. The van der Waals surface area contributed by atoms with Crippen LogP contribution in [0.4, 0.5) is 11.6 Å². The summed E-state index contributed by atoms with van der Waals surface area (Å²) in [7, 11) is 1.60. The van der Waals surface area contributed by atoms with E-state index in [0.717, 1.165) is 24.2 Å². The first kappa shape index (κ1) is 18.9. The van der Waals surface area contributed by atoms with E-state index in [1.165, 1.54) is 11.1 Å². The van der Waals surface area contributed by atoms with Gasteiger partial charge in [0.1, 0.15) is 5.69 Å². The molecular weight excluding hydrogens is 316 g/mol. The van der Waals surface area contributed by atoms with Crippen LogP contribution in [-0.2, 0) is 17.6 Å². The Bertz CT molecular complexity index is 709. The number of methoxy groups -OCH3 is 1. The molecule has 1 amide bonds. The summed E-state index contributed by atoms with van der Waals surface area (Å²) in [6, 6.07) is 7.93. The zero-order valence-electron chi connectivity index (χ0n) is 15.3. The number of carbonyl (C=O) groups excluding carboxylic acids is 1. The van der Waals surface area contributed by atoms with Gasteiger partial charge in [0.15, 0.2) is 0 Å². The average Bonchev–Trinajstić information content (AvgIpc) is 2.61. The first-order valence-electron chi connectivity index (χ1n) is 8.59. The summed E-state index contributed by atoms with van der Waals surface area (Å²) in [4.78, 5) is 21.1. The van der Waals surface area contributed by atoms with Gasteiger partial charge in [0.05, 0.1) is 6.61 Å². The summed E-state index contributed by atoms with van der Waals surface area (Å²) >= 11 is 0. The highest BCUT2D eigenvalue weighted by molar-refractivity contribution is 5.92. The highest BCUT2D eigenvalue weighted by Gasteiger charge is 2.12. The maximum Gasteiger partial charge on any atom is 0.270 e. The molecule has 25 heavy (non-hydrogen) atoms. The van der Waals surface area contributed by atoms with Crippen molar-refractivity contribution < 1.29 is 9.53 Å². The number of anilines is 2. The van der Waals surface area contributed by atoms with Crippen molar-refractivity contribution in [3.05, 3.63) is 46.8 Å². The second-order valence-corrected chi connectivity index (χ2v) is 5.75. The lowest BCUT2D eigenvalue weighted by Gasteiger charge is -2.15. The highest BCUT2D eigenvalue weighted by Crippen LogP contribution is 2.25. The summed E-state index contributed by atoms with van der Waals surface area (Å²) in [5.74, 6) is 0.206. The van der Waals surface area contributed by atoms with Crippen LogP contribution in [0.5, 0.6) is 0 Å². The molecule has 0 aliphatic rings. The molecule has 6 heteroatoms. The largest absolute Gasteiger partial charge is 0.383 e. The average molecular weight is 342 g/mol. The van der Waals surface area contributed by atoms with Gasteiger partial charge in [-0.15, -0.1) is 0 Å². The summed E-state index contributed by atoms with van der Waals surface area (Å²) < 4.78 is 4.95. The van der Waals surface area contributed by atoms with Crippen LogP contribution in [0.1, 0.15) is 41.2 Å². The number of rotatable bonds is 8. The molecule has 2 N–H and O–H groups in total. The van der Waals surface area contributed by atoms with E-state index < -0.39 is 0 Å². The van der Waals surface area contributed by atoms with Gasteiger partial charge in [0.2, 0.25) is 5.95 Å². The molecule has 1 aromatic heterocycles. The standard InChI is InChI=1S/C19H26N4O2/c1-5-14-8-7-9-15(6-2)17(14)23-19-21-13(3)12-16(22-19)18(24)20-10-11-25-4/h7-9,12H,5-6,10-11H2,1-4H3,(H,20,24)(H,21,22,23). The molecule has 2 rings (SSSR count). The van der Waals surface area contributed by atoms with Crippen LogP contribution >= 0.6 is 0 Å². The van der Waals surface area contributed by atoms with Gasteiger partial charge >= 0.3 is 0 Å². The number of amides is 1. The Morgan fingerprint density at radius 3 is 2.44 bits per heavy atom. The molecule has 1 heterocycles. The van der Waals surface area contributed by atoms with Crippen LogP contribution in [-0.4, -0.2) is 36.1 Å². The second-order valence-electron chi connectivity index (χ2n) is 5.75. The molecule has 0 radical (unpaired) electrons. The first-order chi connectivity index (χ1) is 12.1. The van der Waals surface area contributed by atoms with E-state index in [1.54, 1.807) is 13.2 Å². The number of nitrogens with zero attached hydrogens (tertiary/aromatic N) is 2. The number of ether oxygens (including phenoxy) is 1. The SMILES string of the molecule is CCc1cccc(CC)c1Nc1nc(C)cc(C(=O)NCCOC)n1. The lowest BCUT2D eigenvalue weighted by atomic mass is 10.0. The van der Waals surface area contributed by atoms with Gasteiger partial charge in [-0.05, 0) is 37.0 Å². The molecule has 0 aliphatic carbocycles. The van der Waals surface area contributed by atoms with E-state index in [-0.39, 0.29) is 5.91 Å². The Balaban J connectivity index is 2.28. The molecule has 0 atom stereocenters. The van der Waals surface area contributed by atoms with Crippen molar-refractivity contribution >= 4 is 17.5 Å². The lowest BCUT2D eigenvalue weighted by Crippen LogP contribution is -2.28. The van der Waals surface area contributed by atoms with Crippen molar-refractivity contribution in [1.82, 2.24) is 15.3 Å². The molecule has 1 aromatic carbocycles. The zero-order valence-corrected chi connectivity index (χ0v) is 15.3. The van der Waals surface area contributed by atoms with Crippen molar-refractivity contribution in [2.45, 2.75) is 33.6 Å². The number of aromatic nitrogens is 2. The van der Waals surface area contributed by atoms with Crippen molar-refractivity contribution in [1.29, 1.82) is 0 Å². The van der Waals surface area contributed by atoms with Crippen LogP contribution in [0.3, 0.4) is 0 Å². The number of benzene rings is 1. The Morgan fingerprint density at radius 2 is 1.84 bits per heavy atom. The Labute approximate surface area is 149 Å². The number of para-hydroxylation sites is 1. The molecule has 0 bridgehead atoms. The Kier molecular flexibility index (Phi) is 6.89. The number of carbonyl (C=O) groups is 1. The first-order valence-corrected chi connectivity index (χ1v) is 8.59. The van der Waals surface area contributed by atoms with E-state index in [4.69, 9.17) is 4.74 Å². The lowest BCUT2D eigenvalue weighted by molar-refractivity contribution is 0.0932. The quantitative estimate of drug-likeness (QED) is 0.721. The maximum atomic E-state index is 12.2. The Morgan fingerprint density at radius 1 is 1.16 bits per heavy atom. The number of hydrogen-bond donors (Lipinski definition) is 2. The summed E-state index contributed by atoms with van der Waals surface area (Å²) in [6.07, 6.45) is 1.82. The van der Waals surface area contributed by atoms with Gasteiger partial charge in [-0.3, -0.25) is 4.79 Å². The molecule has 134 valence electrons. The van der Waals surface area contributed by atoms with E-state index in [0.29, 0.717) is 24.8 Å². The van der Waals surface area contributed by atoms with Crippen LogP contribution in [0.25, 0.3) is 0 Å². The van der Waals surface area contributed by atoms with Gasteiger partial charge < -0.3 is 15.4 Å². The van der Waals surface area contributed by atoms with Crippen molar-refractivity contribution in [3.8, 4) is 0 Å². The molecular formula is C19H26N4O2. The van der Waals surface area contributed by atoms with Gasteiger partial charge in [0.25, 0.3) is 5.91 Å². The smallest absolute Gasteiger partial charge is 0.270 e. The van der Waals surface area contributed by atoms with Crippen LogP contribution in [0, 0.1) is 6.92 Å². The van der Waals surface area contributed by atoms with Gasteiger partial charge in [-0.1, -0.05) is 32.0 Å². The van der Waals surface area contributed by atoms with E-state index in [2.05, 4.69) is 52.6 Å². The van der Waals surface area contributed by atoms with Gasteiger partial charge in [-0.25, -0.2) is 9.97 Å². The zero-order chi connectivity index (χ0) is 18.2. The third kappa shape index (κ3) is 5.00. The third-order valence-electron chi connectivity index (χ3n) is 3.91. The highest BCUT2D eigenvalue weighted by atomic mass is 16.5. The molecule has 0 saturated heterocycles. The van der Waals surface area contributed by atoms with E-state index in [9.17, 15) is 4.79 Å². The molecule has 0 aliphatic heterocycles. The third-order valence-corrected chi connectivity index (χ3v) is 3.91. The van der Waals surface area contributed by atoms with Crippen LogP contribution in [0.2, 0.25) is 0 Å². The minimum Gasteiger partial charge on any atom is -0.383 e. The molecule has 0 fully saturated rings. The minimum absolute atomic E-state index is 0.231. The molecule has 0 saturated carbocycles. The molecule has 2 aromatic rings. The summed E-state index contributed by atoms with van der Waals surface area (Å²) in [6.45, 7) is 6.99. The fourth-order valence-electron chi connectivity index (χ4n) is 2.61. The van der Waals surface area contributed by atoms with Gasteiger partial charge in [-0.2, -0.15) is 0 Å². The second kappa shape index (κ2) is 9.13. The van der Waals surface area contributed by atoms with Gasteiger partial charge in [0, 0.05) is 25.0 Å². The van der Waals surface area contributed by atoms with Crippen molar-refractivity contribution in [2.24, 2.45) is 0 Å². The number of aryl methyl sites for hydroxylation is 3. The van der Waals surface area contributed by atoms with E-state index in [1.807, 2.05) is 6.92 Å². The fourth-order valence-corrected chi connectivity index (χ4v) is 2.61. The van der Waals surface area contributed by atoms with Crippen molar-refractivity contribution in [2.75, 3.05) is 25.6 Å². The summed E-state index contributed by atoms with van der Waals surface area (Å²) in [5.41, 5.74) is 4.52. The normalized spacial score (nSPS) is 10.6. The monoisotopic (exact) mass is 342 g/mol. The molecule has 6 nitrogen and oxygen atoms in total. The maximum absolute atomic E-state index is 12.2. The van der Waals surface area contributed by atoms with Crippen LogP contribution in [0.15, 0.2) is 24.3 Å². The van der Waals surface area contributed by atoms with Crippen LogP contribution < -0.4 is 10.6 Å². The predicted molar refractivity (Wildman–Crippen MR) is 99.5 cm³/mol. The number of nitrogens with one attached hydrogen (secondary N) is 2. The topological polar surface area (TPSA) is 76.1 Å². The fraction of sp³-hybridized carbons (Fsp3) is 0.421. The predicted octanol–water partition coefficient (Wildman–Crippen LogP) is 3.03. The van der Waals surface area contributed by atoms with Crippen molar-refractivity contribution in [3.63, 3.8) is 0 Å². The number of hydrogen-bond acceptors (Lipinski definition) is 5. The summed E-state index contributed by atoms with van der Waals surface area (Å²) in [5, 5.41) is 6.10. The molecule has 0 unspecified atom stereocenters. The molecule has 0 spiro atoms. The van der Waals surface area contributed by atoms with E-state index >= 15 is 0 Å². The Hall–Kier alpha value is -2.47.